The van der Waals surface area contributed by atoms with Gasteiger partial charge < -0.3 is 4.90 Å². The van der Waals surface area contributed by atoms with Gasteiger partial charge in [0.25, 0.3) is 0 Å². The Bertz CT molecular complexity index is 439. The smallest absolute Gasteiger partial charge is 0.185 e. The molecule has 16 heavy (non-hydrogen) atoms. The molecule has 0 fully saturated rings. The first-order chi connectivity index (χ1) is 7.75. The SMILES string of the molecule is Cc1cnc(N(C)CCc2ccccn2)s1. The minimum atomic E-state index is 0.948. The van der Waals surface area contributed by atoms with Crippen LogP contribution >= 0.6 is 11.3 Å². The lowest BCUT2D eigenvalue weighted by atomic mass is 10.2. The van der Waals surface area contributed by atoms with Crippen molar-refractivity contribution in [3.63, 3.8) is 0 Å². The van der Waals surface area contributed by atoms with Gasteiger partial charge in [-0.1, -0.05) is 6.07 Å². The van der Waals surface area contributed by atoms with E-state index in [1.54, 1.807) is 11.3 Å². The van der Waals surface area contributed by atoms with Crippen LogP contribution < -0.4 is 4.90 Å². The van der Waals surface area contributed by atoms with E-state index in [1.165, 1.54) is 4.88 Å². The highest BCUT2D eigenvalue weighted by atomic mass is 32.1. The second-order valence-corrected chi connectivity index (χ2v) is 4.96. The summed E-state index contributed by atoms with van der Waals surface area (Å²) in [4.78, 5) is 12.1. The minimum absolute atomic E-state index is 0.948. The van der Waals surface area contributed by atoms with Crippen molar-refractivity contribution in [3.05, 3.63) is 41.2 Å². The number of nitrogens with zero attached hydrogens (tertiary/aromatic N) is 3. The Morgan fingerprint density at radius 1 is 1.31 bits per heavy atom. The average molecular weight is 233 g/mol. The number of aromatic nitrogens is 2. The Morgan fingerprint density at radius 3 is 2.81 bits per heavy atom. The van der Waals surface area contributed by atoms with Crippen molar-refractivity contribution in [3.8, 4) is 0 Å². The quantitative estimate of drug-likeness (QED) is 0.812. The predicted molar refractivity (Wildman–Crippen MR) is 68.1 cm³/mol. The molecule has 3 nitrogen and oxygen atoms in total. The lowest BCUT2D eigenvalue weighted by Gasteiger charge is -2.14. The number of hydrogen-bond donors (Lipinski definition) is 0. The van der Waals surface area contributed by atoms with E-state index in [1.807, 2.05) is 24.5 Å². The third-order valence-electron chi connectivity index (χ3n) is 2.37. The van der Waals surface area contributed by atoms with Gasteiger partial charge in [-0.05, 0) is 19.1 Å². The van der Waals surface area contributed by atoms with Gasteiger partial charge in [0, 0.05) is 43.0 Å². The van der Waals surface area contributed by atoms with E-state index in [-0.39, 0.29) is 0 Å². The molecular formula is C12H15N3S. The number of thiazole rings is 1. The second-order valence-electron chi connectivity index (χ2n) is 3.75. The summed E-state index contributed by atoms with van der Waals surface area (Å²) in [5.74, 6) is 0. The third-order valence-corrected chi connectivity index (χ3v) is 3.39. The van der Waals surface area contributed by atoms with E-state index in [2.05, 4.69) is 34.9 Å². The molecule has 0 unspecified atom stereocenters. The zero-order valence-corrected chi connectivity index (χ0v) is 10.4. The Balaban J connectivity index is 1.91. The van der Waals surface area contributed by atoms with Gasteiger partial charge in [0.15, 0.2) is 5.13 Å². The van der Waals surface area contributed by atoms with Crippen molar-refractivity contribution in [2.75, 3.05) is 18.5 Å². The first kappa shape index (κ1) is 11.1. The van der Waals surface area contributed by atoms with E-state index >= 15 is 0 Å². The molecule has 0 amide bonds. The van der Waals surface area contributed by atoms with Gasteiger partial charge in [0.2, 0.25) is 0 Å². The molecular weight excluding hydrogens is 218 g/mol. The van der Waals surface area contributed by atoms with Crippen molar-refractivity contribution in [2.45, 2.75) is 13.3 Å². The van der Waals surface area contributed by atoms with Crippen LogP contribution in [0.4, 0.5) is 5.13 Å². The van der Waals surface area contributed by atoms with Crippen LogP contribution in [0.25, 0.3) is 0 Å². The number of aryl methyl sites for hydroxylation is 1. The van der Waals surface area contributed by atoms with Crippen LogP contribution in [0.2, 0.25) is 0 Å². The van der Waals surface area contributed by atoms with Gasteiger partial charge in [-0.2, -0.15) is 0 Å². The molecule has 2 aromatic rings. The van der Waals surface area contributed by atoms with Crippen LogP contribution in [0.3, 0.4) is 0 Å². The average Bonchev–Trinajstić information content (AvgIpc) is 2.74. The fourth-order valence-corrected chi connectivity index (χ4v) is 2.19. The number of rotatable bonds is 4. The Kier molecular flexibility index (Phi) is 3.51. The van der Waals surface area contributed by atoms with Crippen LogP contribution in [0, 0.1) is 6.92 Å². The first-order valence-electron chi connectivity index (χ1n) is 5.29. The lowest BCUT2D eigenvalue weighted by molar-refractivity contribution is 0.848. The number of pyridine rings is 1. The van der Waals surface area contributed by atoms with Gasteiger partial charge in [0.05, 0.1) is 0 Å². The lowest BCUT2D eigenvalue weighted by Crippen LogP contribution is -2.20. The maximum atomic E-state index is 4.35. The van der Waals surface area contributed by atoms with Crippen LogP contribution in [-0.2, 0) is 6.42 Å². The predicted octanol–water partition coefficient (Wildman–Crippen LogP) is 2.53. The highest BCUT2D eigenvalue weighted by molar-refractivity contribution is 7.15. The summed E-state index contributed by atoms with van der Waals surface area (Å²) in [6.07, 6.45) is 4.70. The van der Waals surface area contributed by atoms with Gasteiger partial charge >= 0.3 is 0 Å². The maximum absolute atomic E-state index is 4.35. The molecule has 0 spiro atoms. The van der Waals surface area contributed by atoms with Crippen molar-refractivity contribution in [1.82, 2.24) is 9.97 Å². The van der Waals surface area contributed by atoms with Crippen molar-refractivity contribution in [1.29, 1.82) is 0 Å². The monoisotopic (exact) mass is 233 g/mol. The summed E-state index contributed by atoms with van der Waals surface area (Å²) in [5.41, 5.74) is 1.13. The van der Waals surface area contributed by atoms with Crippen LogP contribution in [0.15, 0.2) is 30.6 Å². The van der Waals surface area contributed by atoms with E-state index in [4.69, 9.17) is 0 Å². The molecule has 84 valence electrons. The summed E-state index contributed by atoms with van der Waals surface area (Å²) < 4.78 is 0. The molecule has 0 bridgehead atoms. The van der Waals surface area contributed by atoms with Crippen LogP contribution in [-0.4, -0.2) is 23.6 Å². The van der Waals surface area contributed by atoms with E-state index in [0.29, 0.717) is 0 Å². The fraction of sp³-hybridized carbons (Fsp3) is 0.333. The molecule has 0 aromatic carbocycles. The number of hydrogen-bond acceptors (Lipinski definition) is 4. The zero-order valence-electron chi connectivity index (χ0n) is 9.55. The highest BCUT2D eigenvalue weighted by Gasteiger charge is 2.05. The van der Waals surface area contributed by atoms with Gasteiger partial charge in [0.1, 0.15) is 0 Å². The molecule has 0 radical (unpaired) electrons. The van der Waals surface area contributed by atoms with Crippen molar-refractivity contribution >= 4 is 16.5 Å². The summed E-state index contributed by atoms with van der Waals surface area (Å²) >= 11 is 1.73. The molecule has 0 atom stereocenters. The fourth-order valence-electron chi connectivity index (χ4n) is 1.44. The Labute approximate surface area is 99.8 Å². The van der Waals surface area contributed by atoms with E-state index in [0.717, 1.165) is 23.8 Å². The van der Waals surface area contributed by atoms with Crippen LogP contribution in [0.1, 0.15) is 10.6 Å². The third kappa shape index (κ3) is 2.79. The topological polar surface area (TPSA) is 29.0 Å². The molecule has 2 rings (SSSR count). The number of anilines is 1. The summed E-state index contributed by atoms with van der Waals surface area (Å²) in [7, 11) is 2.07. The van der Waals surface area contributed by atoms with Crippen molar-refractivity contribution in [2.24, 2.45) is 0 Å². The van der Waals surface area contributed by atoms with Crippen molar-refractivity contribution < 1.29 is 0 Å². The second kappa shape index (κ2) is 5.07. The molecule has 2 heterocycles. The molecule has 0 aliphatic carbocycles. The molecule has 0 saturated heterocycles. The molecule has 0 N–H and O–H groups in total. The summed E-state index contributed by atoms with van der Waals surface area (Å²) in [5, 5.41) is 1.08. The molecule has 2 aromatic heterocycles. The molecule has 0 saturated carbocycles. The largest absolute Gasteiger partial charge is 0.351 e. The standard InChI is InChI=1S/C12H15N3S/c1-10-9-14-12(16-10)15(2)8-6-11-5-3-4-7-13-11/h3-5,7,9H,6,8H2,1-2H3. The Morgan fingerprint density at radius 2 is 2.19 bits per heavy atom. The van der Waals surface area contributed by atoms with E-state index < -0.39 is 0 Å². The molecule has 0 aliphatic heterocycles. The molecule has 0 aliphatic rings. The van der Waals surface area contributed by atoms with Gasteiger partial charge in [-0.25, -0.2) is 4.98 Å². The molecule has 4 heteroatoms. The van der Waals surface area contributed by atoms with Gasteiger partial charge in [-0.3, -0.25) is 4.98 Å². The summed E-state index contributed by atoms with van der Waals surface area (Å²) in [6.45, 7) is 3.03. The first-order valence-corrected chi connectivity index (χ1v) is 6.11. The maximum Gasteiger partial charge on any atom is 0.185 e. The Hall–Kier alpha value is -1.42. The normalized spacial score (nSPS) is 10.4. The zero-order chi connectivity index (χ0) is 11.4. The highest BCUT2D eigenvalue weighted by Crippen LogP contribution is 2.20. The van der Waals surface area contributed by atoms with Crippen LogP contribution in [0.5, 0.6) is 0 Å². The number of likely N-dealkylation sites (N-methyl/N-ethyl adjacent to an activating group) is 1. The van der Waals surface area contributed by atoms with E-state index in [9.17, 15) is 0 Å². The summed E-state index contributed by atoms with van der Waals surface area (Å²) in [6, 6.07) is 6.02. The minimum Gasteiger partial charge on any atom is -0.351 e. The van der Waals surface area contributed by atoms with Gasteiger partial charge in [-0.15, -0.1) is 11.3 Å².